The van der Waals surface area contributed by atoms with Crippen LogP contribution in [0, 0.1) is 20.8 Å². The highest BCUT2D eigenvalue weighted by Gasteiger charge is 1.94. The summed E-state index contributed by atoms with van der Waals surface area (Å²) in [4.78, 5) is 3.79. The lowest BCUT2D eigenvalue weighted by atomic mass is 10.1. The van der Waals surface area contributed by atoms with E-state index in [9.17, 15) is 0 Å². The van der Waals surface area contributed by atoms with Gasteiger partial charge in [-0.15, -0.1) is 0 Å². The molecule has 0 unspecified atom stereocenters. The van der Waals surface area contributed by atoms with E-state index in [0.717, 1.165) is 5.56 Å². The third kappa shape index (κ3) is 1.10. The molecule has 44 valence electrons. The number of aromatic nitrogens is 1. The van der Waals surface area contributed by atoms with Crippen molar-refractivity contribution < 1.29 is 0 Å². The molecular formula is C8H7N. The van der Waals surface area contributed by atoms with Crippen molar-refractivity contribution in [1.29, 1.82) is 0 Å². The molecule has 0 saturated heterocycles. The molecule has 0 aliphatic rings. The fraction of sp³-hybridized carbons (Fsp3) is 0.125. The number of pyridine rings is 1. The van der Waals surface area contributed by atoms with Gasteiger partial charge in [-0.25, -0.2) is 0 Å². The third-order valence-electron chi connectivity index (χ3n) is 1.24. The van der Waals surface area contributed by atoms with Gasteiger partial charge in [0.1, 0.15) is 0 Å². The summed E-state index contributed by atoms with van der Waals surface area (Å²) in [6.45, 7) is 12.8. The summed E-state index contributed by atoms with van der Waals surface area (Å²) in [7, 11) is 0. The average Bonchev–Trinajstić information content (AvgIpc) is 1.83. The van der Waals surface area contributed by atoms with Crippen LogP contribution in [0.4, 0.5) is 0 Å². The molecule has 0 aliphatic heterocycles. The van der Waals surface area contributed by atoms with E-state index in [1.165, 1.54) is 0 Å². The van der Waals surface area contributed by atoms with Gasteiger partial charge in [0.2, 0.25) is 0 Å². The first-order valence-corrected chi connectivity index (χ1v) is 2.68. The van der Waals surface area contributed by atoms with Crippen molar-refractivity contribution in [2.45, 2.75) is 6.92 Å². The lowest BCUT2D eigenvalue weighted by molar-refractivity contribution is 1.21. The van der Waals surface area contributed by atoms with Crippen molar-refractivity contribution in [1.82, 2.24) is 4.98 Å². The van der Waals surface area contributed by atoms with Crippen molar-refractivity contribution in [3.05, 3.63) is 42.9 Å². The van der Waals surface area contributed by atoms with Crippen LogP contribution < -0.4 is 0 Å². The molecule has 0 bridgehead atoms. The second-order valence-electron chi connectivity index (χ2n) is 1.93. The molecule has 0 fully saturated rings. The van der Waals surface area contributed by atoms with Gasteiger partial charge < -0.3 is 0 Å². The standard InChI is InChI=1S/C8H7N/c1-6-4-5-9-8(3)7(6)2/h2-5H,1H3. The molecule has 4 radical (unpaired) electrons. The Morgan fingerprint density at radius 1 is 1.44 bits per heavy atom. The molecule has 9 heavy (non-hydrogen) atoms. The maximum Gasteiger partial charge on any atom is 0.0486 e. The molecule has 1 aromatic heterocycles. The molecule has 0 aliphatic carbocycles. The zero-order valence-electron chi connectivity index (χ0n) is 5.26. The highest BCUT2D eigenvalue weighted by molar-refractivity contribution is 5.32. The molecule has 0 saturated carbocycles. The predicted octanol–water partition coefficient (Wildman–Crippen LogP) is 1.51. The molecule has 1 nitrogen and oxygen atoms in total. The van der Waals surface area contributed by atoms with E-state index in [4.69, 9.17) is 13.8 Å². The normalized spacial score (nSPS) is 9.67. The predicted molar refractivity (Wildman–Crippen MR) is 35.8 cm³/mol. The summed E-state index contributed by atoms with van der Waals surface area (Å²) < 4.78 is 0. The first-order chi connectivity index (χ1) is 4.22. The van der Waals surface area contributed by atoms with Crippen molar-refractivity contribution in [3.63, 3.8) is 0 Å². The Labute approximate surface area is 55.7 Å². The summed E-state index contributed by atoms with van der Waals surface area (Å²) in [5, 5.41) is 0. The van der Waals surface area contributed by atoms with Crippen molar-refractivity contribution in [2.75, 3.05) is 0 Å². The van der Waals surface area contributed by atoms with Crippen molar-refractivity contribution in [3.8, 4) is 0 Å². The maximum atomic E-state index is 5.49. The Bertz CT molecular complexity index is 196. The van der Waals surface area contributed by atoms with Crippen LogP contribution in [0.2, 0.25) is 0 Å². The minimum Gasteiger partial charge on any atom is -0.261 e. The van der Waals surface area contributed by atoms with E-state index in [-0.39, 0.29) is 0 Å². The third-order valence-corrected chi connectivity index (χ3v) is 1.24. The maximum absolute atomic E-state index is 5.49. The highest BCUT2D eigenvalue weighted by Crippen LogP contribution is 2.06. The van der Waals surface area contributed by atoms with Crippen molar-refractivity contribution >= 4 is 0 Å². The lowest BCUT2D eigenvalue weighted by Crippen LogP contribution is -1.87. The Balaban J connectivity index is 3.25. The van der Waals surface area contributed by atoms with Crippen LogP contribution in [0.5, 0.6) is 0 Å². The molecule has 0 atom stereocenters. The van der Waals surface area contributed by atoms with Gasteiger partial charge in [0.25, 0.3) is 0 Å². The van der Waals surface area contributed by atoms with Gasteiger partial charge in [-0.05, 0) is 24.1 Å². The summed E-state index contributed by atoms with van der Waals surface area (Å²) >= 11 is 0. The van der Waals surface area contributed by atoms with Crippen LogP contribution in [-0.2, 0) is 0 Å². The lowest BCUT2D eigenvalue weighted by Gasteiger charge is -1.98. The van der Waals surface area contributed by atoms with Crippen LogP contribution in [0.15, 0.2) is 12.3 Å². The topological polar surface area (TPSA) is 12.9 Å². The molecule has 0 spiro atoms. The molecule has 0 amide bonds. The monoisotopic (exact) mass is 117 g/mol. The second kappa shape index (κ2) is 2.18. The smallest absolute Gasteiger partial charge is 0.0486 e. The number of rotatable bonds is 0. The van der Waals surface area contributed by atoms with Gasteiger partial charge in [0.15, 0.2) is 0 Å². The van der Waals surface area contributed by atoms with Gasteiger partial charge >= 0.3 is 0 Å². The van der Waals surface area contributed by atoms with Crippen LogP contribution in [-0.4, -0.2) is 4.98 Å². The van der Waals surface area contributed by atoms with Gasteiger partial charge in [0.05, 0.1) is 0 Å². The molecule has 1 rings (SSSR count). The number of hydrogen-bond donors (Lipinski definition) is 0. The average molecular weight is 117 g/mol. The Kier molecular flexibility index (Phi) is 1.52. The summed E-state index contributed by atoms with van der Waals surface area (Å²) in [6.07, 6.45) is 1.64. The van der Waals surface area contributed by atoms with Gasteiger partial charge in [-0.2, -0.15) is 0 Å². The summed E-state index contributed by atoms with van der Waals surface area (Å²) in [6, 6.07) is 1.83. The van der Waals surface area contributed by atoms with E-state index < -0.39 is 0 Å². The van der Waals surface area contributed by atoms with Crippen LogP contribution in [0.25, 0.3) is 0 Å². The Morgan fingerprint density at radius 2 is 2.11 bits per heavy atom. The van der Waals surface area contributed by atoms with E-state index in [1.54, 1.807) is 6.20 Å². The zero-order valence-corrected chi connectivity index (χ0v) is 5.26. The van der Waals surface area contributed by atoms with E-state index >= 15 is 0 Å². The molecule has 1 heterocycles. The van der Waals surface area contributed by atoms with Crippen LogP contribution in [0.1, 0.15) is 16.8 Å². The van der Waals surface area contributed by atoms with Crippen LogP contribution >= 0.6 is 0 Å². The minimum atomic E-state index is 0.412. The molecule has 0 N–H and O–H groups in total. The van der Waals surface area contributed by atoms with E-state index in [0.29, 0.717) is 11.3 Å². The molecular weight excluding hydrogens is 110 g/mol. The largest absolute Gasteiger partial charge is 0.261 e. The quantitative estimate of drug-likeness (QED) is 0.502. The minimum absolute atomic E-state index is 0.412. The number of nitrogens with zero attached hydrogens (tertiary/aromatic N) is 1. The second-order valence-corrected chi connectivity index (χ2v) is 1.93. The highest BCUT2D eigenvalue weighted by atomic mass is 14.7. The number of aryl methyl sites for hydroxylation is 1. The van der Waals surface area contributed by atoms with Crippen molar-refractivity contribution in [2.24, 2.45) is 0 Å². The molecule has 1 aromatic rings. The fourth-order valence-corrected chi connectivity index (χ4v) is 0.591. The van der Waals surface area contributed by atoms with E-state index in [2.05, 4.69) is 4.98 Å². The fourth-order valence-electron chi connectivity index (χ4n) is 0.591. The van der Waals surface area contributed by atoms with Gasteiger partial charge in [0, 0.05) is 25.7 Å². The van der Waals surface area contributed by atoms with Gasteiger partial charge in [-0.3, -0.25) is 4.98 Å². The first-order valence-electron chi connectivity index (χ1n) is 2.68. The Morgan fingerprint density at radius 3 is 2.56 bits per heavy atom. The summed E-state index contributed by atoms with van der Waals surface area (Å²) in [5.41, 5.74) is 1.97. The van der Waals surface area contributed by atoms with Crippen LogP contribution in [0.3, 0.4) is 0 Å². The Hall–Kier alpha value is -0.850. The SMILES string of the molecule is [CH]c1nccc(C)c1[CH]. The first kappa shape index (κ1) is 6.27. The molecule has 0 aromatic carbocycles. The summed E-state index contributed by atoms with van der Waals surface area (Å²) in [5.74, 6) is 0. The van der Waals surface area contributed by atoms with Gasteiger partial charge in [-0.1, -0.05) is 0 Å². The molecule has 1 heteroatoms. The zero-order chi connectivity index (χ0) is 6.85. The number of hydrogen-bond acceptors (Lipinski definition) is 1. The van der Waals surface area contributed by atoms with E-state index in [1.807, 2.05) is 13.0 Å².